The number of hydrogen-bond donors (Lipinski definition) is 1. The Hall–Kier alpha value is -1.40. The Kier molecular flexibility index (Phi) is 6.18. The van der Waals surface area contributed by atoms with Gasteiger partial charge in [0.2, 0.25) is 0 Å². The molecule has 6 nitrogen and oxygen atoms in total. The highest BCUT2D eigenvalue weighted by atomic mass is 17.5. The van der Waals surface area contributed by atoms with Crippen LogP contribution in [-0.4, -0.2) is 22.6 Å². The molecule has 0 radical (unpaired) electrons. The molecule has 0 atom stereocenters. The van der Waals surface area contributed by atoms with Crippen molar-refractivity contribution in [3.05, 3.63) is 11.6 Å². The average Bonchev–Trinajstić information content (AvgIpc) is 2.23. The van der Waals surface area contributed by atoms with Gasteiger partial charge in [0, 0.05) is 6.08 Å². The number of rotatable bonds is 6. The molecule has 0 saturated carbocycles. The summed E-state index contributed by atoms with van der Waals surface area (Å²) in [4.78, 5) is 31.8. The van der Waals surface area contributed by atoms with Gasteiger partial charge in [0.1, 0.15) is 5.60 Å². The van der Waals surface area contributed by atoms with Crippen molar-refractivity contribution in [3.63, 3.8) is 0 Å². The van der Waals surface area contributed by atoms with E-state index in [0.717, 1.165) is 6.08 Å². The van der Waals surface area contributed by atoms with Crippen LogP contribution in [0, 0.1) is 5.41 Å². The molecule has 0 amide bonds. The van der Waals surface area contributed by atoms with Gasteiger partial charge >= 0.3 is 11.9 Å². The molecular weight excluding hydrogens is 252 g/mol. The molecule has 0 heterocycles. The lowest BCUT2D eigenvalue weighted by molar-refractivity contribution is -0.516. The molecule has 6 heteroatoms. The summed E-state index contributed by atoms with van der Waals surface area (Å²) in [5.74, 6) is -2.11. The Bertz CT molecular complexity index is 362. The largest absolute Gasteiger partial charge is 0.478 e. The van der Waals surface area contributed by atoms with E-state index in [1.165, 1.54) is 0 Å². The zero-order chi connectivity index (χ0) is 15.3. The second kappa shape index (κ2) is 6.68. The first-order valence-electron chi connectivity index (χ1n) is 6.01. The van der Waals surface area contributed by atoms with E-state index in [4.69, 9.17) is 9.99 Å². The minimum atomic E-state index is -1.23. The van der Waals surface area contributed by atoms with E-state index < -0.39 is 23.0 Å². The predicted octanol–water partition coefficient (Wildman–Crippen LogP) is 2.64. The van der Waals surface area contributed by atoms with Crippen LogP contribution in [0.3, 0.4) is 0 Å². The van der Waals surface area contributed by atoms with Gasteiger partial charge in [-0.05, 0) is 30.7 Å². The third kappa shape index (κ3) is 6.93. The van der Waals surface area contributed by atoms with Gasteiger partial charge in [-0.15, -0.1) is 0 Å². The van der Waals surface area contributed by atoms with E-state index in [9.17, 15) is 9.59 Å². The van der Waals surface area contributed by atoms with Gasteiger partial charge in [-0.25, -0.2) is 9.59 Å². The second-order valence-electron chi connectivity index (χ2n) is 5.78. The third-order valence-corrected chi connectivity index (χ3v) is 2.52. The van der Waals surface area contributed by atoms with Crippen LogP contribution in [0.1, 0.15) is 48.0 Å². The fraction of sp³-hybridized carbons (Fsp3) is 0.692. The monoisotopic (exact) mass is 274 g/mol. The van der Waals surface area contributed by atoms with Gasteiger partial charge in [0.15, 0.2) is 0 Å². The molecule has 0 unspecified atom stereocenters. The number of carboxylic acid groups (broad SMARTS) is 1. The number of carbonyl (C=O) groups is 2. The van der Waals surface area contributed by atoms with Crippen molar-refractivity contribution >= 4 is 11.9 Å². The number of hydrogen-bond acceptors (Lipinski definition) is 5. The Labute approximate surface area is 113 Å². The van der Waals surface area contributed by atoms with Crippen molar-refractivity contribution in [2.75, 3.05) is 0 Å². The second-order valence-corrected chi connectivity index (χ2v) is 5.78. The summed E-state index contributed by atoms with van der Waals surface area (Å²) in [6, 6.07) is 0. The maximum Gasteiger partial charge on any atom is 0.373 e. The van der Waals surface area contributed by atoms with E-state index in [1.54, 1.807) is 34.6 Å². The van der Waals surface area contributed by atoms with Crippen LogP contribution in [-0.2, 0) is 24.4 Å². The first-order chi connectivity index (χ1) is 8.49. The summed E-state index contributed by atoms with van der Waals surface area (Å²) < 4.78 is 0. The number of carbonyl (C=O) groups excluding carboxylic acids is 1. The van der Waals surface area contributed by atoms with Gasteiger partial charge in [0.25, 0.3) is 0 Å². The van der Waals surface area contributed by atoms with E-state index in [-0.39, 0.29) is 5.57 Å². The Morgan fingerprint density at radius 3 is 2.05 bits per heavy atom. The van der Waals surface area contributed by atoms with Crippen molar-refractivity contribution in [2.24, 2.45) is 5.41 Å². The number of aliphatic carboxylic acids is 1. The Morgan fingerprint density at radius 2 is 1.68 bits per heavy atom. The zero-order valence-corrected chi connectivity index (χ0v) is 12.3. The average molecular weight is 274 g/mol. The summed E-state index contributed by atoms with van der Waals surface area (Å²) in [5, 5.41) is 13.2. The lowest BCUT2D eigenvalue weighted by Crippen LogP contribution is -2.26. The normalized spacial score (nSPS) is 13.3. The van der Waals surface area contributed by atoms with Crippen molar-refractivity contribution in [1.82, 2.24) is 0 Å². The Balaban J connectivity index is 4.66. The van der Waals surface area contributed by atoms with E-state index in [1.807, 2.05) is 6.92 Å². The summed E-state index contributed by atoms with van der Waals surface area (Å²) in [5.41, 5.74) is -1.30. The van der Waals surface area contributed by atoms with Crippen LogP contribution >= 0.6 is 0 Å². The molecule has 0 aromatic heterocycles. The van der Waals surface area contributed by atoms with Crippen molar-refractivity contribution in [1.29, 1.82) is 0 Å². The lowest BCUT2D eigenvalue weighted by Gasteiger charge is -2.22. The van der Waals surface area contributed by atoms with Crippen LogP contribution < -0.4 is 0 Å². The molecule has 0 rings (SSSR count). The van der Waals surface area contributed by atoms with E-state index in [0.29, 0.717) is 6.42 Å². The van der Waals surface area contributed by atoms with Crippen LogP contribution in [0.5, 0.6) is 0 Å². The van der Waals surface area contributed by atoms with Crippen LogP contribution in [0.15, 0.2) is 11.6 Å². The van der Waals surface area contributed by atoms with Crippen LogP contribution in [0.2, 0.25) is 0 Å². The minimum Gasteiger partial charge on any atom is -0.478 e. The van der Waals surface area contributed by atoms with Crippen LogP contribution in [0.25, 0.3) is 0 Å². The lowest BCUT2D eigenvalue weighted by atomic mass is 9.86. The minimum absolute atomic E-state index is 0.0158. The number of carboxylic acids is 1. The summed E-state index contributed by atoms with van der Waals surface area (Å²) in [6.07, 6.45) is 1.46. The highest BCUT2D eigenvalue weighted by Crippen LogP contribution is 2.26. The fourth-order valence-corrected chi connectivity index (χ4v) is 0.949. The maximum atomic E-state index is 11.7. The molecule has 19 heavy (non-hydrogen) atoms. The Morgan fingerprint density at radius 1 is 1.16 bits per heavy atom. The molecule has 0 fully saturated rings. The van der Waals surface area contributed by atoms with Gasteiger partial charge in [-0.3, -0.25) is 4.89 Å². The SMILES string of the molecule is CCC(C)(C)OOOC(=O)C(=CC(=O)O)C(C)(C)C. The summed E-state index contributed by atoms with van der Waals surface area (Å²) in [7, 11) is 0. The summed E-state index contributed by atoms with van der Waals surface area (Å²) in [6.45, 7) is 10.5. The highest BCUT2D eigenvalue weighted by molar-refractivity contribution is 5.96. The van der Waals surface area contributed by atoms with Gasteiger partial charge < -0.3 is 5.11 Å². The smallest absolute Gasteiger partial charge is 0.373 e. The topological polar surface area (TPSA) is 82.1 Å². The van der Waals surface area contributed by atoms with Gasteiger partial charge in [-0.1, -0.05) is 27.7 Å². The quantitative estimate of drug-likeness (QED) is 0.455. The predicted molar refractivity (Wildman–Crippen MR) is 67.8 cm³/mol. The van der Waals surface area contributed by atoms with Gasteiger partial charge in [0.05, 0.1) is 5.57 Å². The van der Waals surface area contributed by atoms with Crippen LogP contribution in [0.4, 0.5) is 0 Å². The first kappa shape index (κ1) is 17.6. The molecule has 0 aromatic rings. The van der Waals surface area contributed by atoms with E-state index in [2.05, 4.69) is 9.93 Å². The third-order valence-electron chi connectivity index (χ3n) is 2.52. The van der Waals surface area contributed by atoms with Crippen molar-refractivity contribution in [2.45, 2.75) is 53.6 Å². The molecular formula is C13H22O6. The zero-order valence-electron chi connectivity index (χ0n) is 12.3. The highest BCUT2D eigenvalue weighted by Gasteiger charge is 2.28. The molecule has 1 N–H and O–H groups in total. The summed E-state index contributed by atoms with van der Waals surface area (Å²) >= 11 is 0. The molecule has 0 saturated heterocycles. The van der Waals surface area contributed by atoms with E-state index >= 15 is 0 Å². The molecule has 0 aliphatic rings. The molecule has 110 valence electrons. The molecule has 0 spiro atoms. The molecule has 0 aromatic carbocycles. The van der Waals surface area contributed by atoms with Crippen molar-refractivity contribution in [3.8, 4) is 0 Å². The van der Waals surface area contributed by atoms with Crippen molar-refractivity contribution < 1.29 is 29.5 Å². The molecule has 0 aliphatic carbocycles. The standard InChI is InChI=1S/C13H22O6/c1-7-13(5,6)18-19-17-11(16)9(8-10(14)15)12(2,3)4/h8H,7H2,1-6H3,(H,14,15). The first-order valence-corrected chi connectivity index (χ1v) is 6.01. The molecule has 0 aliphatic heterocycles. The van der Waals surface area contributed by atoms with Gasteiger partial charge in [-0.2, -0.15) is 4.89 Å². The maximum absolute atomic E-state index is 11.7. The fourth-order valence-electron chi connectivity index (χ4n) is 0.949. The molecule has 0 bridgehead atoms.